The van der Waals surface area contributed by atoms with Crippen LogP contribution in [0.1, 0.15) is 13.3 Å². The van der Waals surface area contributed by atoms with Crippen molar-refractivity contribution >= 4 is 34.8 Å². The van der Waals surface area contributed by atoms with Gasteiger partial charge >= 0.3 is 0 Å². The number of pyridine rings is 1. The number of nitrogens with zero attached hydrogens (tertiary/aromatic N) is 3. The van der Waals surface area contributed by atoms with Crippen LogP contribution in [-0.2, 0) is 0 Å². The molecule has 2 heterocycles. The van der Waals surface area contributed by atoms with E-state index in [4.69, 9.17) is 23.2 Å². The predicted octanol–water partition coefficient (Wildman–Crippen LogP) is 2.96. The van der Waals surface area contributed by atoms with Gasteiger partial charge in [-0.05, 0) is 33.0 Å². The van der Waals surface area contributed by atoms with E-state index in [1.54, 1.807) is 6.07 Å². The van der Waals surface area contributed by atoms with Gasteiger partial charge in [0.2, 0.25) is 0 Å². The Hall–Kier alpha value is -0.710. The van der Waals surface area contributed by atoms with Gasteiger partial charge in [0.25, 0.3) is 0 Å². The number of nitrogens with one attached hydrogen (secondary N) is 1. The second-order valence-corrected chi connectivity index (χ2v) is 5.85. The molecule has 1 unspecified atom stereocenters. The van der Waals surface area contributed by atoms with Crippen molar-refractivity contribution in [3.8, 4) is 0 Å². The normalized spacial score (nSPS) is 21.3. The summed E-state index contributed by atoms with van der Waals surface area (Å²) in [7, 11) is 3.96. The maximum absolute atomic E-state index is 6.32. The zero-order valence-electron chi connectivity index (χ0n) is 11.6. The summed E-state index contributed by atoms with van der Waals surface area (Å²) in [5, 5.41) is 4.17. The van der Waals surface area contributed by atoms with Gasteiger partial charge in [-0.25, -0.2) is 4.98 Å². The third kappa shape index (κ3) is 3.25. The first kappa shape index (κ1) is 14.7. The standard InChI is InChI=1S/C13H20Cl2N4/c1-9-8-18(3)5-4-6-19(9)13-11(15)7-10(14)12(16-2)17-13/h7,9H,4-6,8H2,1-3H3,(H,16,17). The zero-order chi connectivity index (χ0) is 14.0. The second kappa shape index (κ2) is 6.16. The van der Waals surface area contributed by atoms with Crippen LogP contribution in [0.15, 0.2) is 6.07 Å². The van der Waals surface area contributed by atoms with E-state index >= 15 is 0 Å². The summed E-state index contributed by atoms with van der Waals surface area (Å²) >= 11 is 12.4. The lowest BCUT2D eigenvalue weighted by Crippen LogP contribution is -2.38. The van der Waals surface area contributed by atoms with Crippen molar-refractivity contribution in [1.82, 2.24) is 9.88 Å². The van der Waals surface area contributed by atoms with Crippen LogP contribution in [0.2, 0.25) is 10.0 Å². The molecule has 0 saturated carbocycles. The Morgan fingerprint density at radius 1 is 1.32 bits per heavy atom. The fraction of sp³-hybridized carbons (Fsp3) is 0.615. The van der Waals surface area contributed by atoms with Crippen LogP contribution in [0.5, 0.6) is 0 Å². The van der Waals surface area contributed by atoms with Crippen LogP contribution in [0.3, 0.4) is 0 Å². The van der Waals surface area contributed by atoms with Gasteiger partial charge in [0.15, 0.2) is 0 Å². The average Bonchev–Trinajstić information content (AvgIpc) is 2.51. The zero-order valence-corrected chi connectivity index (χ0v) is 13.1. The molecular formula is C13H20Cl2N4. The van der Waals surface area contributed by atoms with Crippen molar-refractivity contribution in [2.45, 2.75) is 19.4 Å². The Labute approximate surface area is 124 Å². The second-order valence-electron chi connectivity index (χ2n) is 5.03. The Morgan fingerprint density at radius 2 is 2.05 bits per heavy atom. The Balaban J connectivity index is 2.34. The fourth-order valence-electron chi connectivity index (χ4n) is 2.52. The van der Waals surface area contributed by atoms with Crippen molar-refractivity contribution in [2.24, 2.45) is 0 Å². The number of anilines is 2. The molecule has 0 radical (unpaired) electrons. The van der Waals surface area contributed by atoms with Crippen LogP contribution in [0.4, 0.5) is 11.6 Å². The fourth-order valence-corrected chi connectivity index (χ4v) is 3.08. The maximum atomic E-state index is 6.32. The number of aromatic nitrogens is 1. The van der Waals surface area contributed by atoms with Gasteiger partial charge in [0.05, 0.1) is 10.0 Å². The lowest BCUT2D eigenvalue weighted by Gasteiger charge is -2.30. The minimum atomic E-state index is 0.378. The van der Waals surface area contributed by atoms with E-state index in [2.05, 4.69) is 34.1 Å². The molecule has 1 atom stereocenters. The summed E-state index contributed by atoms with van der Waals surface area (Å²) < 4.78 is 0. The van der Waals surface area contributed by atoms with Crippen molar-refractivity contribution < 1.29 is 0 Å². The Bertz CT molecular complexity index is 453. The van der Waals surface area contributed by atoms with Crippen molar-refractivity contribution in [3.63, 3.8) is 0 Å². The van der Waals surface area contributed by atoms with E-state index in [1.807, 2.05) is 7.05 Å². The number of rotatable bonds is 2. The highest BCUT2D eigenvalue weighted by Crippen LogP contribution is 2.32. The van der Waals surface area contributed by atoms with Gasteiger partial charge in [-0.2, -0.15) is 0 Å². The van der Waals surface area contributed by atoms with Gasteiger partial charge < -0.3 is 15.1 Å². The molecule has 1 aliphatic rings. The molecule has 0 amide bonds. The molecule has 106 valence electrons. The van der Waals surface area contributed by atoms with E-state index in [9.17, 15) is 0 Å². The van der Waals surface area contributed by atoms with Gasteiger partial charge in [0, 0.05) is 26.2 Å². The van der Waals surface area contributed by atoms with Crippen molar-refractivity contribution in [1.29, 1.82) is 0 Å². The monoisotopic (exact) mass is 302 g/mol. The van der Waals surface area contributed by atoms with Crippen LogP contribution >= 0.6 is 23.2 Å². The average molecular weight is 303 g/mol. The molecule has 1 saturated heterocycles. The lowest BCUT2D eigenvalue weighted by atomic mass is 10.2. The summed E-state index contributed by atoms with van der Waals surface area (Å²) in [5.41, 5.74) is 0. The topological polar surface area (TPSA) is 31.4 Å². The summed E-state index contributed by atoms with van der Waals surface area (Å²) in [6.07, 6.45) is 1.11. The molecule has 1 aromatic heterocycles. The van der Waals surface area contributed by atoms with E-state index < -0.39 is 0 Å². The molecule has 4 nitrogen and oxygen atoms in total. The maximum Gasteiger partial charge on any atom is 0.150 e. The van der Waals surface area contributed by atoms with E-state index in [1.165, 1.54) is 0 Å². The number of likely N-dealkylation sites (N-methyl/N-ethyl adjacent to an activating group) is 1. The van der Waals surface area contributed by atoms with E-state index in [0.29, 0.717) is 21.9 Å². The summed E-state index contributed by atoms with van der Waals surface area (Å²) in [6.45, 7) is 5.27. The van der Waals surface area contributed by atoms with Crippen molar-refractivity contribution in [3.05, 3.63) is 16.1 Å². The SMILES string of the molecule is CNc1nc(N2CCCN(C)CC2C)c(Cl)cc1Cl. The molecule has 6 heteroatoms. The molecule has 1 aromatic rings. The molecule has 2 rings (SSSR count). The number of hydrogen-bond acceptors (Lipinski definition) is 4. The third-order valence-corrected chi connectivity index (χ3v) is 4.03. The Kier molecular flexibility index (Phi) is 4.76. The van der Waals surface area contributed by atoms with E-state index in [-0.39, 0.29) is 0 Å². The molecule has 0 spiro atoms. The molecule has 0 aromatic carbocycles. The van der Waals surface area contributed by atoms with Crippen LogP contribution in [0.25, 0.3) is 0 Å². The smallest absolute Gasteiger partial charge is 0.150 e. The summed E-state index contributed by atoms with van der Waals surface area (Å²) in [4.78, 5) is 9.17. The molecule has 0 aliphatic carbocycles. The lowest BCUT2D eigenvalue weighted by molar-refractivity contribution is 0.337. The van der Waals surface area contributed by atoms with Crippen LogP contribution in [0, 0.1) is 0 Å². The molecule has 1 fully saturated rings. The van der Waals surface area contributed by atoms with Gasteiger partial charge in [-0.15, -0.1) is 0 Å². The minimum Gasteiger partial charge on any atom is -0.372 e. The first-order valence-corrected chi connectivity index (χ1v) is 7.27. The van der Waals surface area contributed by atoms with Gasteiger partial charge in [0.1, 0.15) is 11.6 Å². The molecule has 0 bridgehead atoms. The van der Waals surface area contributed by atoms with Crippen molar-refractivity contribution in [2.75, 3.05) is 43.9 Å². The van der Waals surface area contributed by atoms with Crippen LogP contribution in [-0.4, -0.2) is 49.7 Å². The molecule has 1 N–H and O–H groups in total. The molecule has 1 aliphatic heterocycles. The quantitative estimate of drug-likeness (QED) is 0.910. The molecular weight excluding hydrogens is 283 g/mol. The number of halogens is 2. The van der Waals surface area contributed by atoms with E-state index in [0.717, 1.165) is 31.9 Å². The third-order valence-electron chi connectivity index (χ3n) is 3.47. The first-order chi connectivity index (χ1) is 9.02. The largest absolute Gasteiger partial charge is 0.372 e. The summed E-state index contributed by atoms with van der Waals surface area (Å²) in [6, 6.07) is 2.14. The highest BCUT2D eigenvalue weighted by Gasteiger charge is 2.23. The Morgan fingerprint density at radius 3 is 2.74 bits per heavy atom. The predicted molar refractivity (Wildman–Crippen MR) is 82.7 cm³/mol. The minimum absolute atomic E-state index is 0.378. The highest BCUT2D eigenvalue weighted by molar-refractivity contribution is 6.37. The van der Waals surface area contributed by atoms with Gasteiger partial charge in [-0.1, -0.05) is 23.2 Å². The van der Waals surface area contributed by atoms with Gasteiger partial charge in [-0.3, -0.25) is 0 Å². The van der Waals surface area contributed by atoms with Crippen LogP contribution < -0.4 is 10.2 Å². The number of hydrogen-bond donors (Lipinski definition) is 1. The molecule has 19 heavy (non-hydrogen) atoms. The highest BCUT2D eigenvalue weighted by atomic mass is 35.5. The summed E-state index contributed by atoms with van der Waals surface area (Å²) in [5.74, 6) is 1.49. The first-order valence-electron chi connectivity index (χ1n) is 6.52.